The number of carbonyl (C=O) groups is 1. The molecule has 0 saturated heterocycles. The number of hydrogen-bond acceptors (Lipinski definition) is 3. The van der Waals surface area contributed by atoms with Crippen LogP contribution in [0, 0.1) is 11.3 Å². The zero-order chi connectivity index (χ0) is 19.4. The Kier molecular flexibility index (Phi) is 5.28. The van der Waals surface area contributed by atoms with Crippen molar-refractivity contribution in [2.45, 2.75) is 13.3 Å². The summed E-state index contributed by atoms with van der Waals surface area (Å²) in [5.41, 5.74) is 4.01. The van der Waals surface area contributed by atoms with Gasteiger partial charge in [0.2, 0.25) is 5.91 Å². The summed E-state index contributed by atoms with van der Waals surface area (Å²) in [6.45, 7) is 1.98. The lowest BCUT2D eigenvalue weighted by atomic mass is 10.1. The van der Waals surface area contributed by atoms with Gasteiger partial charge in [-0.1, -0.05) is 25.1 Å². The Hall–Kier alpha value is -3.52. The second-order valence-electron chi connectivity index (χ2n) is 6.15. The zero-order valence-corrected chi connectivity index (χ0v) is 15.6. The first-order chi connectivity index (χ1) is 13.1. The SMILES string of the molecule is CC/C=C/C(=O)Nc1ccc(-c2c(C#N)c3ccc(OC)cc3n2C)cc1. The predicted molar refractivity (Wildman–Crippen MR) is 108 cm³/mol. The first-order valence-corrected chi connectivity index (χ1v) is 8.73. The number of benzene rings is 2. The minimum Gasteiger partial charge on any atom is -0.497 e. The molecule has 0 radical (unpaired) electrons. The molecule has 1 aromatic heterocycles. The smallest absolute Gasteiger partial charge is 0.248 e. The highest BCUT2D eigenvalue weighted by atomic mass is 16.5. The summed E-state index contributed by atoms with van der Waals surface area (Å²) in [7, 11) is 3.56. The maximum absolute atomic E-state index is 11.8. The van der Waals surface area contributed by atoms with Gasteiger partial charge in [-0.05, 0) is 42.3 Å². The van der Waals surface area contributed by atoms with Crippen LogP contribution in [0.25, 0.3) is 22.2 Å². The predicted octanol–water partition coefficient (Wildman–Crippen LogP) is 4.63. The highest BCUT2D eigenvalue weighted by Crippen LogP contribution is 2.34. The summed E-state index contributed by atoms with van der Waals surface area (Å²) in [5.74, 6) is 0.594. The van der Waals surface area contributed by atoms with E-state index in [4.69, 9.17) is 4.74 Å². The van der Waals surface area contributed by atoms with Crippen molar-refractivity contribution in [3.05, 3.63) is 60.2 Å². The average Bonchev–Trinajstić information content (AvgIpc) is 2.98. The standard InChI is InChI=1S/C22H21N3O2/c1-4-5-6-21(26)24-16-9-7-15(8-10-16)22-19(14-23)18-12-11-17(27-3)13-20(18)25(22)2/h5-13H,4H2,1-3H3,(H,24,26)/b6-5+. The molecule has 3 rings (SSSR count). The number of amides is 1. The molecular formula is C22H21N3O2. The highest BCUT2D eigenvalue weighted by Gasteiger charge is 2.17. The fourth-order valence-corrected chi connectivity index (χ4v) is 3.11. The Bertz CT molecular complexity index is 1050. The van der Waals surface area contributed by atoms with E-state index in [1.807, 2.05) is 67.1 Å². The lowest BCUT2D eigenvalue weighted by Crippen LogP contribution is -2.07. The van der Waals surface area contributed by atoms with Gasteiger partial charge in [-0.3, -0.25) is 4.79 Å². The summed E-state index contributed by atoms with van der Waals surface area (Å²) in [6, 6.07) is 15.5. The van der Waals surface area contributed by atoms with E-state index in [2.05, 4.69) is 11.4 Å². The first kappa shape index (κ1) is 18.3. The molecule has 2 aromatic carbocycles. The Morgan fingerprint density at radius 1 is 1.26 bits per heavy atom. The van der Waals surface area contributed by atoms with Crippen LogP contribution in [0.4, 0.5) is 5.69 Å². The van der Waals surface area contributed by atoms with E-state index in [1.165, 1.54) is 6.08 Å². The van der Waals surface area contributed by atoms with E-state index < -0.39 is 0 Å². The molecule has 0 aliphatic heterocycles. The largest absolute Gasteiger partial charge is 0.497 e. The summed E-state index contributed by atoms with van der Waals surface area (Å²) < 4.78 is 7.30. The highest BCUT2D eigenvalue weighted by molar-refractivity contribution is 5.99. The maximum Gasteiger partial charge on any atom is 0.248 e. The van der Waals surface area contributed by atoms with Crippen LogP contribution in [-0.2, 0) is 11.8 Å². The molecule has 27 heavy (non-hydrogen) atoms. The van der Waals surface area contributed by atoms with E-state index in [0.717, 1.165) is 34.3 Å². The molecule has 1 heterocycles. The van der Waals surface area contributed by atoms with Crippen LogP contribution in [0.5, 0.6) is 5.75 Å². The van der Waals surface area contributed by atoms with E-state index in [0.29, 0.717) is 11.3 Å². The number of anilines is 1. The monoisotopic (exact) mass is 359 g/mol. The fraction of sp³-hybridized carbons (Fsp3) is 0.182. The third kappa shape index (κ3) is 3.56. The second-order valence-corrected chi connectivity index (χ2v) is 6.15. The van der Waals surface area contributed by atoms with Gasteiger partial charge in [-0.15, -0.1) is 0 Å². The van der Waals surface area contributed by atoms with Crippen molar-refractivity contribution in [3.8, 4) is 23.1 Å². The van der Waals surface area contributed by atoms with Gasteiger partial charge in [-0.2, -0.15) is 5.26 Å². The third-order valence-electron chi connectivity index (χ3n) is 4.45. The van der Waals surface area contributed by atoms with Gasteiger partial charge < -0.3 is 14.6 Å². The van der Waals surface area contributed by atoms with Crippen LogP contribution < -0.4 is 10.1 Å². The molecule has 0 saturated carbocycles. The van der Waals surface area contributed by atoms with E-state index >= 15 is 0 Å². The molecule has 0 bridgehead atoms. The summed E-state index contributed by atoms with van der Waals surface area (Å²) >= 11 is 0. The average molecular weight is 359 g/mol. The van der Waals surface area contributed by atoms with Gasteiger partial charge in [0.15, 0.2) is 0 Å². The van der Waals surface area contributed by atoms with Crippen molar-refractivity contribution >= 4 is 22.5 Å². The Morgan fingerprint density at radius 3 is 2.63 bits per heavy atom. The molecule has 5 heteroatoms. The summed E-state index contributed by atoms with van der Waals surface area (Å²) in [6.07, 6.45) is 4.15. The number of aryl methyl sites for hydroxylation is 1. The molecule has 0 spiro atoms. The van der Waals surface area contributed by atoms with Crippen molar-refractivity contribution in [1.82, 2.24) is 4.57 Å². The van der Waals surface area contributed by atoms with Crippen molar-refractivity contribution < 1.29 is 9.53 Å². The zero-order valence-electron chi connectivity index (χ0n) is 15.6. The van der Waals surface area contributed by atoms with Gasteiger partial charge in [0.05, 0.1) is 23.9 Å². The Labute approximate surface area is 158 Å². The van der Waals surface area contributed by atoms with Gasteiger partial charge >= 0.3 is 0 Å². The molecule has 1 amide bonds. The molecule has 0 fully saturated rings. The summed E-state index contributed by atoms with van der Waals surface area (Å²) in [4.78, 5) is 11.8. The van der Waals surface area contributed by atoms with E-state index in [1.54, 1.807) is 7.11 Å². The number of nitrogens with one attached hydrogen (secondary N) is 1. The molecule has 0 atom stereocenters. The number of allylic oxidation sites excluding steroid dienone is 1. The number of rotatable bonds is 5. The van der Waals surface area contributed by atoms with Gasteiger partial charge in [0.25, 0.3) is 0 Å². The molecule has 1 N–H and O–H groups in total. The van der Waals surface area contributed by atoms with Crippen LogP contribution in [0.15, 0.2) is 54.6 Å². The van der Waals surface area contributed by atoms with Crippen molar-refractivity contribution in [1.29, 1.82) is 5.26 Å². The molecule has 136 valence electrons. The topological polar surface area (TPSA) is 67.1 Å². The third-order valence-corrected chi connectivity index (χ3v) is 4.45. The Balaban J connectivity index is 2.00. The van der Waals surface area contributed by atoms with Gasteiger partial charge in [-0.25, -0.2) is 0 Å². The van der Waals surface area contributed by atoms with Crippen LogP contribution >= 0.6 is 0 Å². The summed E-state index contributed by atoms with van der Waals surface area (Å²) in [5, 5.41) is 13.4. The maximum atomic E-state index is 11.8. The first-order valence-electron chi connectivity index (χ1n) is 8.73. The molecule has 0 aliphatic rings. The number of carbonyl (C=O) groups excluding carboxylic acids is 1. The number of methoxy groups -OCH3 is 1. The van der Waals surface area contributed by atoms with E-state index in [9.17, 15) is 10.1 Å². The number of aromatic nitrogens is 1. The molecule has 0 aliphatic carbocycles. The van der Waals surface area contributed by atoms with Crippen LogP contribution in [0.1, 0.15) is 18.9 Å². The minimum absolute atomic E-state index is 0.154. The number of nitrogens with zero attached hydrogens (tertiary/aromatic N) is 2. The number of hydrogen-bond donors (Lipinski definition) is 1. The number of fused-ring (bicyclic) bond motifs is 1. The second kappa shape index (κ2) is 7.79. The molecule has 0 unspecified atom stereocenters. The molecular weight excluding hydrogens is 338 g/mol. The van der Waals surface area contributed by atoms with Crippen molar-refractivity contribution in [3.63, 3.8) is 0 Å². The van der Waals surface area contributed by atoms with Crippen LogP contribution in [0.2, 0.25) is 0 Å². The van der Waals surface area contributed by atoms with Gasteiger partial charge in [0.1, 0.15) is 11.8 Å². The molecule has 5 nitrogen and oxygen atoms in total. The normalized spacial score (nSPS) is 10.9. The van der Waals surface area contributed by atoms with Crippen LogP contribution in [0.3, 0.4) is 0 Å². The number of ether oxygens (including phenoxy) is 1. The van der Waals surface area contributed by atoms with Crippen molar-refractivity contribution in [2.24, 2.45) is 7.05 Å². The minimum atomic E-state index is -0.154. The van der Waals surface area contributed by atoms with E-state index in [-0.39, 0.29) is 5.91 Å². The number of nitriles is 1. The van der Waals surface area contributed by atoms with Crippen molar-refractivity contribution in [2.75, 3.05) is 12.4 Å². The van der Waals surface area contributed by atoms with Gasteiger partial charge in [0, 0.05) is 24.2 Å². The quantitative estimate of drug-likeness (QED) is 0.675. The Morgan fingerprint density at radius 2 is 2.00 bits per heavy atom. The molecule has 3 aromatic rings. The fourth-order valence-electron chi connectivity index (χ4n) is 3.11. The van der Waals surface area contributed by atoms with Crippen LogP contribution in [-0.4, -0.2) is 17.6 Å². The lowest BCUT2D eigenvalue weighted by molar-refractivity contribution is -0.111. The lowest BCUT2D eigenvalue weighted by Gasteiger charge is -2.08.